The number of carboxylic acids is 1. The van der Waals surface area contributed by atoms with Crippen molar-refractivity contribution in [3.63, 3.8) is 0 Å². The monoisotopic (exact) mass is 316 g/mol. The summed E-state index contributed by atoms with van der Waals surface area (Å²) in [5, 5.41) is 17.2. The molecule has 0 fully saturated rings. The maximum absolute atomic E-state index is 12.5. The average Bonchev–Trinajstić information content (AvgIpc) is 2.44. The van der Waals surface area contributed by atoms with Gasteiger partial charge in [0.2, 0.25) is 11.4 Å². The molecule has 0 radical (unpaired) electrons. The van der Waals surface area contributed by atoms with Gasteiger partial charge in [-0.2, -0.15) is 4.68 Å². The zero-order chi connectivity index (χ0) is 16.2. The Morgan fingerprint density at radius 1 is 1.38 bits per heavy atom. The van der Waals surface area contributed by atoms with Crippen molar-refractivity contribution in [3.05, 3.63) is 16.0 Å². The summed E-state index contributed by atoms with van der Waals surface area (Å²) in [4.78, 5) is 23.5. The van der Waals surface area contributed by atoms with Crippen LogP contribution in [-0.2, 0) is 9.53 Å². The van der Waals surface area contributed by atoms with E-state index < -0.39 is 17.8 Å². The number of hydrogen-bond acceptors (Lipinski definition) is 7. The lowest BCUT2D eigenvalue weighted by atomic mass is 9.95. The zero-order valence-corrected chi connectivity index (χ0v) is 13.5. The smallest absolute Gasteiger partial charge is 0.355 e. The average molecular weight is 316 g/mol. The number of ether oxygens (including phenoxy) is 1. The third-order valence-electron chi connectivity index (χ3n) is 3.18. The molecule has 0 aliphatic carbocycles. The van der Waals surface area contributed by atoms with Crippen LogP contribution in [0, 0.1) is 5.92 Å². The Bertz CT molecular complexity index is 561. The van der Waals surface area contributed by atoms with Gasteiger partial charge in [-0.15, -0.1) is 10.2 Å². The lowest BCUT2D eigenvalue weighted by Crippen LogP contribution is -2.44. The number of carbonyl (C=O) groups is 1. The van der Waals surface area contributed by atoms with E-state index in [4.69, 9.17) is 9.84 Å². The molecule has 8 nitrogen and oxygen atoms in total. The van der Waals surface area contributed by atoms with Crippen LogP contribution < -0.4 is 11.0 Å². The van der Waals surface area contributed by atoms with E-state index in [0.29, 0.717) is 0 Å². The van der Waals surface area contributed by atoms with Gasteiger partial charge >= 0.3 is 5.97 Å². The minimum atomic E-state index is -1.35. The van der Waals surface area contributed by atoms with Crippen LogP contribution in [0.2, 0.25) is 0 Å². The van der Waals surface area contributed by atoms with Crippen LogP contribution in [0.5, 0.6) is 0 Å². The van der Waals surface area contributed by atoms with Crippen LogP contribution in [0.3, 0.4) is 0 Å². The van der Waals surface area contributed by atoms with E-state index in [-0.39, 0.29) is 22.7 Å². The number of aliphatic carboxylic acids is 1. The molecule has 0 aliphatic rings. The highest BCUT2D eigenvalue weighted by atomic mass is 32.2. The highest BCUT2D eigenvalue weighted by Crippen LogP contribution is 2.19. The lowest BCUT2D eigenvalue weighted by Gasteiger charge is -2.20. The first-order valence-corrected chi connectivity index (χ1v) is 7.61. The normalized spacial score (nSPS) is 14.0. The van der Waals surface area contributed by atoms with Crippen molar-refractivity contribution in [3.8, 4) is 0 Å². The molecule has 1 heterocycles. The van der Waals surface area contributed by atoms with Crippen molar-refractivity contribution in [1.82, 2.24) is 14.9 Å². The fraction of sp³-hybridized carbons (Fsp3) is 0.667. The predicted octanol–water partition coefficient (Wildman–Crippen LogP) is 0.720. The van der Waals surface area contributed by atoms with Crippen molar-refractivity contribution in [1.29, 1.82) is 0 Å². The second-order valence-corrected chi connectivity index (χ2v) is 5.60. The molecule has 0 aliphatic heterocycles. The molecule has 21 heavy (non-hydrogen) atoms. The molecule has 0 unspecified atom stereocenters. The van der Waals surface area contributed by atoms with Crippen molar-refractivity contribution in [2.75, 3.05) is 18.8 Å². The first-order valence-electron chi connectivity index (χ1n) is 6.39. The van der Waals surface area contributed by atoms with E-state index in [9.17, 15) is 9.59 Å². The van der Waals surface area contributed by atoms with E-state index in [2.05, 4.69) is 15.6 Å². The molecule has 0 amide bonds. The summed E-state index contributed by atoms with van der Waals surface area (Å²) >= 11 is 1.18. The number of rotatable bonds is 7. The molecule has 9 heteroatoms. The third-order valence-corrected chi connectivity index (χ3v) is 3.81. The second-order valence-electron chi connectivity index (χ2n) is 4.83. The maximum atomic E-state index is 12.5. The number of aromatic nitrogens is 3. The molecular formula is C12H20N4O4S. The number of nitrogens with zero attached hydrogens (tertiary/aromatic N) is 3. The first-order chi connectivity index (χ1) is 9.83. The predicted molar refractivity (Wildman–Crippen MR) is 79.1 cm³/mol. The molecule has 1 aromatic heterocycles. The summed E-state index contributed by atoms with van der Waals surface area (Å²) in [7, 11) is 1.24. The highest BCUT2D eigenvalue weighted by Gasteiger charge is 2.23. The summed E-state index contributed by atoms with van der Waals surface area (Å²) < 4.78 is 5.87. The zero-order valence-electron chi connectivity index (χ0n) is 12.7. The molecule has 0 spiro atoms. The van der Waals surface area contributed by atoms with Gasteiger partial charge in [0, 0.05) is 13.0 Å². The van der Waals surface area contributed by atoms with E-state index in [1.807, 2.05) is 20.8 Å². The number of carboxylic acid groups (broad SMARTS) is 1. The Balaban J connectivity index is 3.31. The molecule has 2 N–H and O–H groups in total. The van der Waals surface area contributed by atoms with Crippen LogP contribution >= 0.6 is 11.8 Å². The topological polar surface area (TPSA) is 106 Å². The van der Waals surface area contributed by atoms with Gasteiger partial charge in [0.25, 0.3) is 5.56 Å². The Morgan fingerprint density at radius 2 is 2.00 bits per heavy atom. The number of thioether (sulfide) groups is 1. The Kier molecular flexibility index (Phi) is 6.16. The van der Waals surface area contributed by atoms with E-state index in [0.717, 1.165) is 4.68 Å². The van der Waals surface area contributed by atoms with Crippen LogP contribution in [-0.4, -0.2) is 45.5 Å². The quantitative estimate of drug-likeness (QED) is 0.560. The van der Waals surface area contributed by atoms with E-state index >= 15 is 0 Å². The minimum absolute atomic E-state index is 0.0974. The van der Waals surface area contributed by atoms with Gasteiger partial charge in [-0.3, -0.25) is 10.2 Å². The number of hydrogen-bond donors (Lipinski definition) is 2. The van der Waals surface area contributed by atoms with Crippen LogP contribution in [0.25, 0.3) is 0 Å². The summed E-state index contributed by atoms with van der Waals surface area (Å²) in [5.41, 5.74) is 2.38. The van der Waals surface area contributed by atoms with Crippen LogP contribution in [0.1, 0.15) is 32.4 Å². The highest BCUT2D eigenvalue weighted by molar-refractivity contribution is 7.98. The fourth-order valence-corrected chi connectivity index (χ4v) is 2.00. The molecule has 0 saturated heterocycles. The largest absolute Gasteiger partial charge is 0.478 e. The van der Waals surface area contributed by atoms with Gasteiger partial charge in [0.15, 0.2) is 0 Å². The maximum Gasteiger partial charge on any atom is 0.355 e. The molecule has 0 aromatic carbocycles. The third kappa shape index (κ3) is 3.94. The van der Waals surface area contributed by atoms with Crippen molar-refractivity contribution >= 4 is 17.7 Å². The van der Waals surface area contributed by atoms with Gasteiger partial charge in [0.05, 0.1) is 0 Å². The van der Waals surface area contributed by atoms with E-state index in [1.165, 1.54) is 18.9 Å². The Labute approximate surface area is 126 Å². The SMILES string of the molecule is CO[C@H](Nn1c(SC)nnc([C@H](C)C(C)C)c1=O)C(=O)O. The molecule has 118 valence electrons. The minimum Gasteiger partial charge on any atom is -0.478 e. The van der Waals surface area contributed by atoms with Gasteiger partial charge in [-0.1, -0.05) is 32.5 Å². The van der Waals surface area contributed by atoms with Crippen molar-refractivity contribution < 1.29 is 14.6 Å². The second kappa shape index (κ2) is 7.41. The molecule has 1 aromatic rings. The van der Waals surface area contributed by atoms with Gasteiger partial charge in [-0.25, -0.2) is 4.79 Å². The van der Waals surface area contributed by atoms with Gasteiger partial charge in [0.1, 0.15) is 5.69 Å². The van der Waals surface area contributed by atoms with Gasteiger partial charge < -0.3 is 9.84 Å². The Morgan fingerprint density at radius 3 is 2.43 bits per heavy atom. The molecular weight excluding hydrogens is 296 g/mol. The van der Waals surface area contributed by atoms with Crippen LogP contribution in [0.4, 0.5) is 0 Å². The van der Waals surface area contributed by atoms with Crippen molar-refractivity contribution in [2.24, 2.45) is 5.92 Å². The summed E-state index contributed by atoms with van der Waals surface area (Å²) in [6, 6.07) is 0. The molecule has 1 rings (SSSR count). The number of nitrogens with one attached hydrogen (secondary N) is 1. The summed E-state index contributed by atoms with van der Waals surface area (Å²) in [6.07, 6.45) is 0.371. The Hall–Kier alpha value is -1.61. The summed E-state index contributed by atoms with van der Waals surface area (Å²) in [6.45, 7) is 5.83. The fourth-order valence-electron chi connectivity index (χ4n) is 1.56. The summed E-state index contributed by atoms with van der Waals surface area (Å²) in [5.74, 6) is -1.12. The molecule has 0 saturated carbocycles. The number of methoxy groups -OCH3 is 1. The molecule has 0 bridgehead atoms. The van der Waals surface area contributed by atoms with Crippen LogP contribution in [0.15, 0.2) is 9.95 Å². The molecule has 2 atom stereocenters. The standard InChI is InChI=1S/C12H20N4O4S/c1-6(2)7(3)8-10(17)16(12(21-5)14-13-8)15-9(20-4)11(18)19/h6-7,9,15H,1-5H3,(H,18,19)/t7-,9+/m1/s1. The van der Waals surface area contributed by atoms with Crippen molar-refractivity contribution in [2.45, 2.75) is 38.1 Å². The van der Waals surface area contributed by atoms with Gasteiger partial charge in [-0.05, 0) is 12.2 Å². The lowest BCUT2D eigenvalue weighted by molar-refractivity contribution is -0.147. The van der Waals surface area contributed by atoms with E-state index in [1.54, 1.807) is 6.26 Å². The first kappa shape index (κ1) is 17.4.